The highest BCUT2D eigenvalue weighted by atomic mass is 79.9. The quantitative estimate of drug-likeness (QED) is 0.780. The van der Waals surface area contributed by atoms with Crippen LogP contribution >= 0.6 is 15.9 Å². The molecule has 0 radical (unpaired) electrons. The van der Waals surface area contributed by atoms with Crippen molar-refractivity contribution in [3.05, 3.63) is 64.1 Å². The van der Waals surface area contributed by atoms with Crippen LogP contribution < -0.4 is 0 Å². The van der Waals surface area contributed by atoms with Crippen LogP contribution in [0.3, 0.4) is 0 Å². The molecule has 0 spiro atoms. The number of hydrogen-bond acceptors (Lipinski definition) is 2. The molecule has 0 aliphatic rings. The van der Waals surface area contributed by atoms with Crippen molar-refractivity contribution in [2.24, 2.45) is 0 Å². The van der Waals surface area contributed by atoms with Gasteiger partial charge in [-0.15, -0.1) is 0 Å². The van der Waals surface area contributed by atoms with E-state index < -0.39 is 22.4 Å². The maximum Gasteiger partial charge on any atom is 0.176 e. The lowest BCUT2D eigenvalue weighted by Gasteiger charge is -2.04. The molecule has 20 heavy (non-hydrogen) atoms. The molecule has 104 valence electrons. The number of rotatable bonds is 4. The van der Waals surface area contributed by atoms with E-state index in [0.29, 0.717) is 10.0 Å². The van der Waals surface area contributed by atoms with Crippen molar-refractivity contribution in [1.29, 1.82) is 0 Å². The molecule has 1 unspecified atom stereocenters. The first-order valence-electron chi connectivity index (χ1n) is 5.60. The third-order valence-corrected chi connectivity index (χ3v) is 4.59. The summed E-state index contributed by atoms with van der Waals surface area (Å²) in [7, 11) is -1.72. The summed E-state index contributed by atoms with van der Waals surface area (Å²) in [5.74, 6) is -2.71. The van der Waals surface area contributed by atoms with Gasteiger partial charge >= 0.3 is 0 Å². The molecule has 1 atom stereocenters. The first-order valence-corrected chi connectivity index (χ1v) is 7.71. The molecular formula is C14H9BrF2O2S. The van der Waals surface area contributed by atoms with Crippen LogP contribution in [0.5, 0.6) is 0 Å². The fourth-order valence-corrected chi connectivity index (χ4v) is 3.11. The molecule has 0 aliphatic heterocycles. The molecule has 6 heteroatoms. The third kappa shape index (κ3) is 3.37. The smallest absolute Gasteiger partial charge is 0.176 e. The second-order valence-electron chi connectivity index (χ2n) is 3.97. The van der Waals surface area contributed by atoms with Crippen LogP contribution in [0, 0.1) is 11.6 Å². The van der Waals surface area contributed by atoms with Gasteiger partial charge in [-0.1, -0.05) is 34.1 Å². The maximum atomic E-state index is 13.1. The fraction of sp³-hybridized carbons (Fsp3) is 0.0714. The van der Waals surface area contributed by atoms with Crippen molar-refractivity contribution in [3.8, 4) is 0 Å². The largest absolute Gasteiger partial charge is 0.293 e. The summed E-state index contributed by atoms with van der Waals surface area (Å²) < 4.78 is 38.5. The van der Waals surface area contributed by atoms with E-state index in [9.17, 15) is 17.8 Å². The lowest BCUT2D eigenvalue weighted by atomic mass is 10.1. The predicted molar refractivity (Wildman–Crippen MR) is 76.1 cm³/mol. The van der Waals surface area contributed by atoms with Gasteiger partial charge in [0.2, 0.25) is 0 Å². The Labute approximate surface area is 125 Å². The van der Waals surface area contributed by atoms with Crippen molar-refractivity contribution < 1.29 is 17.8 Å². The number of benzene rings is 2. The molecule has 2 aromatic rings. The Morgan fingerprint density at radius 2 is 1.80 bits per heavy atom. The Bertz CT molecular complexity index is 689. The van der Waals surface area contributed by atoms with Crippen molar-refractivity contribution in [1.82, 2.24) is 0 Å². The van der Waals surface area contributed by atoms with Gasteiger partial charge in [0.1, 0.15) is 0 Å². The Kier molecular flexibility index (Phi) is 4.77. The van der Waals surface area contributed by atoms with E-state index in [1.54, 1.807) is 24.3 Å². The van der Waals surface area contributed by atoms with Crippen molar-refractivity contribution >= 4 is 32.5 Å². The van der Waals surface area contributed by atoms with Gasteiger partial charge in [-0.2, -0.15) is 0 Å². The summed E-state index contributed by atoms with van der Waals surface area (Å²) in [6, 6.07) is 9.71. The van der Waals surface area contributed by atoms with Crippen LogP contribution in [0.2, 0.25) is 0 Å². The van der Waals surface area contributed by atoms with E-state index in [1.807, 2.05) is 0 Å². The first kappa shape index (κ1) is 15.0. The Morgan fingerprint density at radius 1 is 1.10 bits per heavy atom. The first-order chi connectivity index (χ1) is 9.49. The summed E-state index contributed by atoms with van der Waals surface area (Å²) in [5.41, 5.74) is 0.406. The van der Waals surface area contributed by atoms with E-state index in [0.717, 1.165) is 12.1 Å². The molecule has 0 bridgehead atoms. The van der Waals surface area contributed by atoms with Gasteiger partial charge in [-0.25, -0.2) is 8.78 Å². The van der Waals surface area contributed by atoms with Crippen molar-refractivity contribution in [2.75, 3.05) is 5.75 Å². The average molecular weight is 359 g/mol. The summed E-state index contributed by atoms with van der Waals surface area (Å²) >= 11 is 3.23. The summed E-state index contributed by atoms with van der Waals surface area (Å²) in [6.07, 6.45) is 0. The molecule has 0 heterocycles. The van der Waals surface area contributed by atoms with Gasteiger partial charge in [-0.3, -0.25) is 9.00 Å². The molecule has 0 N–H and O–H groups in total. The van der Waals surface area contributed by atoms with Crippen LogP contribution in [0.1, 0.15) is 10.4 Å². The Morgan fingerprint density at radius 3 is 2.45 bits per heavy atom. The average Bonchev–Trinajstić information content (AvgIpc) is 2.42. The van der Waals surface area contributed by atoms with Gasteiger partial charge in [0.05, 0.1) is 16.6 Å². The zero-order chi connectivity index (χ0) is 14.7. The second kappa shape index (κ2) is 6.37. The van der Waals surface area contributed by atoms with Crippen LogP contribution in [-0.2, 0) is 10.8 Å². The van der Waals surface area contributed by atoms with Crippen LogP contribution in [0.15, 0.2) is 51.8 Å². The zero-order valence-electron chi connectivity index (χ0n) is 10.1. The van der Waals surface area contributed by atoms with Gasteiger partial charge in [0.25, 0.3) is 0 Å². The fourth-order valence-electron chi connectivity index (χ4n) is 1.59. The van der Waals surface area contributed by atoms with E-state index >= 15 is 0 Å². The molecule has 0 fully saturated rings. The number of halogens is 3. The van der Waals surface area contributed by atoms with E-state index in [2.05, 4.69) is 15.9 Å². The highest BCUT2D eigenvalue weighted by molar-refractivity contribution is 9.10. The van der Waals surface area contributed by atoms with Crippen molar-refractivity contribution in [2.45, 2.75) is 4.90 Å². The SMILES string of the molecule is O=C(CS(=O)c1ccc(F)c(F)c1)c1ccccc1Br. The maximum absolute atomic E-state index is 13.1. The molecule has 2 aromatic carbocycles. The molecule has 0 aromatic heterocycles. The molecular weight excluding hydrogens is 350 g/mol. The van der Waals surface area contributed by atoms with Crippen molar-refractivity contribution in [3.63, 3.8) is 0 Å². The molecule has 0 saturated carbocycles. The summed E-state index contributed by atoms with van der Waals surface area (Å²) in [6.45, 7) is 0. The molecule has 0 aliphatic carbocycles. The Balaban J connectivity index is 2.17. The highest BCUT2D eigenvalue weighted by Crippen LogP contribution is 2.18. The molecule has 2 rings (SSSR count). The number of Topliss-reactive ketones (excluding diaryl/α,β-unsaturated/α-hetero) is 1. The highest BCUT2D eigenvalue weighted by Gasteiger charge is 2.15. The van der Waals surface area contributed by atoms with Crippen LogP contribution in [0.4, 0.5) is 8.78 Å². The second-order valence-corrected chi connectivity index (χ2v) is 6.27. The minimum absolute atomic E-state index is 0.0873. The van der Waals surface area contributed by atoms with E-state index in [-0.39, 0.29) is 16.4 Å². The lowest BCUT2D eigenvalue weighted by molar-refractivity contribution is 0.102. The van der Waals surface area contributed by atoms with E-state index in [4.69, 9.17) is 0 Å². The minimum atomic E-state index is -1.72. The van der Waals surface area contributed by atoms with Gasteiger partial charge in [0, 0.05) is 14.9 Å². The van der Waals surface area contributed by atoms with Gasteiger partial charge in [0.15, 0.2) is 17.4 Å². The number of carbonyl (C=O) groups is 1. The molecule has 2 nitrogen and oxygen atoms in total. The van der Waals surface area contributed by atoms with Crippen LogP contribution in [-0.4, -0.2) is 15.7 Å². The number of ketones is 1. The normalized spacial score (nSPS) is 12.2. The standard InChI is InChI=1S/C14H9BrF2O2S/c15-11-4-2-1-3-10(11)14(18)8-20(19)9-5-6-12(16)13(17)7-9/h1-7H,8H2. The number of carbonyl (C=O) groups excluding carboxylic acids is 1. The van der Waals surface area contributed by atoms with E-state index in [1.165, 1.54) is 6.07 Å². The van der Waals surface area contributed by atoms with Gasteiger partial charge < -0.3 is 0 Å². The topological polar surface area (TPSA) is 34.1 Å². The zero-order valence-corrected chi connectivity index (χ0v) is 12.5. The van der Waals surface area contributed by atoms with Crippen LogP contribution in [0.25, 0.3) is 0 Å². The lowest BCUT2D eigenvalue weighted by Crippen LogP contribution is -2.12. The third-order valence-electron chi connectivity index (χ3n) is 2.59. The predicted octanol–water partition coefficient (Wildman–Crippen LogP) is 3.72. The summed E-state index contributed by atoms with van der Waals surface area (Å²) in [5, 5.41) is 0. The molecule has 0 saturated heterocycles. The van der Waals surface area contributed by atoms with Gasteiger partial charge in [-0.05, 0) is 24.3 Å². The minimum Gasteiger partial charge on any atom is -0.293 e. The Hall–Kier alpha value is -1.40. The number of hydrogen-bond donors (Lipinski definition) is 0. The summed E-state index contributed by atoms with van der Waals surface area (Å²) in [4.78, 5) is 12.1. The molecule has 0 amide bonds. The monoisotopic (exact) mass is 358 g/mol.